The van der Waals surface area contributed by atoms with Gasteiger partial charge in [-0.05, 0) is 38.8 Å². The van der Waals surface area contributed by atoms with Crippen LogP contribution in [0, 0.1) is 11.8 Å². The fraction of sp³-hybridized carbons (Fsp3) is 0.550. The zero-order valence-electron chi connectivity index (χ0n) is 15.4. The molecule has 3 amide bonds. The molecule has 0 unspecified atom stereocenters. The molecular formula is C20H22ClN3O3. The summed E-state index contributed by atoms with van der Waals surface area (Å²) >= 11 is 6.35. The number of carbonyl (C=O) groups excluding carboxylic acids is 3. The lowest BCUT2D eigenvalue weighted by Gasteiger charge is -2.37. The number of halogens is 1. The SMILES string of the molecule is CC[C@@H](C)N1C(=O)[C@@H]2[C@H]3CCCN3[C@@]3(C(=O)Nc4c(Cl)cccc43)[C@@H]2C1=O. The monoisotopic (exact) mass is 387 g/mol. The van der Waals surface area contributed by atoms with E-state index in [9.17, 15) is 14.4 Å². The maximum Gasteiger partial charge on any atom is 0.250 e. The summed E-state index contributed by atoms with van der Waals surface area (Å²) in [5.74, 6) is -1.68. The fourth-order valence-corrected chi connectivity index (χ4v) is 6.06. The Morgan fingerprint density at radius 2 is 2.07 bits per heavy atom. The molecule has 0 bridgehead atoms. The summed E-state index contributed by atoms with van der Waals surface area (Å²) in [6, 6.07) is 5.19. The first-order valence-electron chi connectivity index (χ1n) is 9.68. The highest BCUT2D eigenvalue weighted by atomic mass is 35.5. The van der Waals surface area contributed by atoms with Gasteiger partial charge < -0.3 is 5.32 Å². The van der Waals surface area contributed by atoms with Crippen molar-refractivity contribution in [3.8, 4) is 0 Å². The summed E-state index contributed by atoms with van der Waals surface area (Å²) < 4.78 is 0. The minimum Gasteiger partial charge on any atom is -0.323 e. The predicted octanol–water partition coefficient (Wildman–Crippen LogP) is 2.37. The molecule has 0 aromatic heterocycles. The Labute approximate surface area is 162 Å². The second-order valence-electron chi connectivity index (χ2n) is 8.09. The van der Waals surface area contributed by atoms with Crippen molar-refractivity contribution < 1.29 is 14.4 Å². The van der Waals surface area contributed by atoms with Crippen LogP contribution < -0.4 is 5.32 Å². The Hall–Kier alpha value is -1.92. The van der Waals surface area contributed by atoms with Crippen LogP contribution in [0.2, 0.25) is 5.02 Å². The van der Waals surface area contributed by atoms with E-state index in [4.69, 9.17) is 11.6 Å². The summed E-state index contributed by atoms with van der Waals surface area (Å²) in [6.07, 6.45) is 2.45. The van der Waals surface area contributed by atoms with E-state index < -0.39 is 17.4 Å². The molecule has 5 rings (SSSR count). The normalized spacial score (nSPS) is 35.6. The third-order valence-corrected chi connectivity index (χ3v) is 7.36. The first-order valence-corrected chi connectivity index (χ1v) is 10.1. The molecule has 3 saturated heterocycles. The molecule has 4 heterocycles. The van der Waals surface area contributed by atoms with E-state index in [-0.39, 0.29) is 29.8 Å². The number of likely N-dealkylation sites (tertiary alicyclic amines) is 1. The fourth-order valence-electron chi connectivity index (χ4n) is 5.83. The second kappa shape index (κ2) is 5.55. The van der Waals surface area contributed by atoms with Crippen LogP contribution in [-0.2, 0) is 19.9 Å². The molecule has 142 valence electrons. The number of nitrogens with zero attached hydrogens (tertiary/aromatic N) is 2. The van der Waals surface area contributed by atoms with Gasteiger partial charge in [-0.1, -0.05) is 30.7 Å². The molecule has 6 nitrogen and oxygen atoms in total. The highest BCUT2D eigenvalue weighted by Crippen LogP contribution is 2.61. The lowest BCUT2D eigenvalue weighted by Crippen LogP contribution is -2.54. The Kier molecular flexibility index (Phi) is 3.53. The van der Waals surface area contributed by atoms with Crippen LogP contribution in [0.25, 0.3) is 0 Å². The highest BCUT2D eigenvalue weighted by molar-refractivity contribution is 6.35. The average Bonchev–Trinajstić information content (AvgIpc) is 3.34. The van der Waals surface area contributed by atoms with E-state index in [1.807, 2.05) is 26.0 Å². The van der Waals surface area contributed by atoms with E-state index in [1.165, 1.54) is 4.90 Å². The van der Waals surface area contributed by atoms with E-state index in [0.717, 1.165) is 18.4 Å². The van der Waals surface area contributed by atoms with Crippen LogP contribution >= 0.6 is 11.6 Å². The van der Waals surface area contributed by atoms with E-state index in [1.54, 1.807) is 6.07 Å². The lowest BCUT2D eigenvalue weighted by molar-refractivity contribution is -0.147. The summed E-state index contributed by atoms with van der Waals surface area (Å²) in [5.41, 5.74) is 0.199. The third kappa shape index (κ3) is 1.83. The van der Waals surface area contributed by atoms with Crippen molar-refractivity contribution in [2.45, 2.75) is 50.7 Å². The molecule has 1 spiro atoms. The van der Waals surface area contributed by atoms with Gasteiger partial charge in [0.2, 0.25) is 11.8 Å². The topological polar surface area (TPSA) is 69.7 Å². The number of amides is 3. The molecule has 4 aliphatic rings. The minimum atomic E-state index is -1.12. The van der Waals surface area contributed by atoms with E-state index in [0.29, 0.717) is 23.7 Å². The first-order chi connectivity index (χ1) is 12.9. The summed E-state index contributed by atoms with van der Waals surface area (Å²) in [4.78, 5) is 43.7. The molecule has 0 saturated carbocycles. The number of rotatable bonds is 2. The van der Waals surface area contributed by atoms with Gasteiger partial charge in [0.25, 0.3) is 5.91 Å². The van der Waals surface area contributed by atoms with Gasteiger partial charge in [0.15, 0.2) is 0 Å². The number of fused-ring (bicyclic) bond motifs is 7. The molecule has 1 aromatic carbocycles. The van der Waals surface area contributed by atoms with Crippen molar-refractivity contribution in [3.05, 3.63) is 28.8 Å². The summed E-state index contributed by atoms with van der Waals surface area (Å²) in [7, 11) is 0. The van der Waals surface area contributed by atoms with Crippen LogP contribution in [0.1, 0.15) is 38.7 Å². The number of hydrogen-bond donors (Lipinski definition) is 1. The number of carbonyl (C=O) groups is 3. The maximum atomic E-state index is 13.5. The van der Waals surface area contributed by atoms with Crippen LogP contribution in [0.3, 0.4) is 0 Å². The molecule has 0 radical (unpaired) electrons. The number of para-hydroxylation sites is 1. The zero-order chi connectivity index (χ0) is 19.1. The zero-order valence-corrected chi connectivity index (χ0v) is 16.1. The smallest absolute Gasteiger partial charge is 0.250 e. The number of hydrogen-bond acceptors (Lipinski definition) is 4. The summed E-state index contributed by atoms with van der Waals surface area (Å²) in [5, 5.41) is 3.39. The quantitative estimate of drug-likeness (QED) is 0.791. The largest absolute Gasteiger partial charge is 0.323 e. The maximum absolute atomic E-state index is 13.5. The molecular weight excluding hydrogens is 366 g/mol. The molecule has 1 N–H and O–H groups in total. The van der Waals surface area contributed by atoms with Crippen molar-refractivity contribution in [1.82, 2.24) is 9.80 Å². The Morgan fingerprint density at radius 1 is 1.30 bits per heavy atom. The number of nitrogens with one attached hydrogen (secondary N) is 1. The lowest BCUT2D eigenvalue weighted by atomic mass is 9.75. The van der Waals surface area contributed by atoms with Gasteiger partial charge in [0.1, 0.15) is 5.54 Å². The van der Waals surface area contributed by atoms with Crippen molar-refractivity contribution in [1.29, 1.82) is 0 Å². The van der Waals surface area contributed by atoms with Gasteiger partial charge in [0, 0.05) is 17.6 Å². The van der Waals surface area contributed by atoms with Gasteiger partial charge in [-0.25, -0.2) is 0 Å². The number of benzene rings is 1. The molecule has 3 fully saturated rings. The second-order valence-corrected chi connectivity index (χ2v) is 8.50. The first kappa shape index (κ1) is 17.2. The Morgan fingerprint density at radius 3 is 2.81 bits per heavy atom. The Balaban J connectivity index is 1.74. The van der Waals surface area contributed by atoms with Crippen molar-refractivity contribution in [2.75, 3.05) is 11.9 Å². The molecule has 5 atom stereocenters. The van der Waals surface area contributed by atoms with Gasteiger partial charge >= 0.3 is 0 Å². The molecule has 1 aromatic rings. The van der Waals surface area contributed by atoms with Gasteiger partial charge in [0.05, 0.1) is 22.5 Å². The van der Waals surface area contributed by atoms with Gasteiger partial charge in [-0.3, -0.25) is 24.2 Å². The van der Waals surface area contributed by atoms with E-state index in [2.05, 4.69) is 10.2 Å². The molecule has 7 heteroatoms. The molecule has 0 aliphatic carbocycles. The molecule has 27 heavy (non-hydrogen) atoms. The van der Waals surface area contributed by atoms with Crippen LogP contribution in [0.4, 0.5) is 5.69 Å². The number of anilines is 1. The van der Waals surface area contributed by atoms with Crippen LogP contribution in [-0.4, -0.2) is 46.1 Å². The standard InChI is InChI=1S/C20H22ClN3O3/c1-3-10(2)24-17(25)14-13-8-5-9-23(13)20(15(14)18(24)26)11-6-4-7-12(21)16(11)22-19(20)27/h4,6-7,10,13-15H,3,5,8-9H2,1-2H3,(H,22,27)/t10-,13-,14-,15+,20-/m1/s1. The van der Waals surface area contributed by atoms with Crippen LogP contribution in [0.5, 0.6) is 0 Å². The highest BCUT2D eigenvalue weighted by Gasteiger charge is 2.74. The summed E-state index contributed by atoms with van der Waals surface area (Å²) in [6.45, 7) is 4.57. The van der Waals surface area contributed by atoms with E-state index >= 15 is 0 Å². The predicted molar refractivity (Wildman–Crippen MR) is 100 cm³/mol. The third-order valence-electron chi connectivity index (χ3n) is 7.04. The van der Waals surface area contributed by atoms with Crippen molar-refractivity contribution in [2.24, 2.45) is 11.8 Å². The number of imide groups is 1. The molecule has 4 aliphatic heterocycles. The van der Waals surface area contributed by atoms with Crippen molar-refractivity contribution in [3.63, 3.8) is 0 Å². The van der Waals surface area contributed by atoms with Gasteiger partial charge in [-0.2, -0.15) is 0 Å². The van der Waals surface area contributed by atoms with Crippen molar-refractivity contribution >= 4 is 35.0 Å². The Bertz CT molecular complexity index is 887. The van der Waals surface area contributed by atoms with Crippen LogP contribution in [0.15, 0.2) is 18.2 Å². The average molecular weight is 388 g/mol. The van der Waals surface area contributed by atoms with Gasteiger partial charge in [-0.15, -0.1) is 0 Å². The minimum absolute atomic E-state index is 0.0730.